The zero-order valence-corrected chi connectivity index (χ0v) is 10.2. The van der Waals surface area contributed by atoms with E-state index in [4.69, 9.17) is 17.0 Å². The van der Waals surface area contributed by atoms with Crippen LogP contribution >= 0.6 is 12.2 Å². The van der Waals surface area contributed by atoms with Gasteiger partial charge in [-0.1, -0.05) is 24.4 Å². The van der Waals surface area contributed by atoms with Crippen molar-refractivity contribution in [3.63, 3.8) is 0 Å². The first-order valence-corrected chi connectivity index (χ1v) is 6.07. The Balaban J connectivity index is 2.09. The lowest BCUT2D eigenvalue weighted by Crippen LogP contribution is -2.37. The van der Waals surface area contributed by atoms with E-state index in [2.05, 4.69) is 14.9 Å². The van der Waals surface area contributed by atoms with Crippen molar-refractivity contribution in [2.45, 2.75) is 0 Å². The highest BCUT2D eigenvalue weighted by atomic mass is 32.1. The maximum Gasteiger partial charge on any atom is 0.164 e. The highest BCUT2D eigenvalue weighted by molar-refractivity contribution is 7.71. The van der Waals surface area contributed by atoms with E-state index in [0.717, 1.165) is 43.2 Å². The van der Waals surface area contributed by atoms with Crippen molar-refractivity contribution in [1.29, 1.82) is 0 Å². The van der Waals surface area contributed by atoms with E-state index in [1.54, 1.807) is 0 Å². The second kappa shape index (κ2) is 4.43. The Hall–Kier alpha value is -1.46. The van der Waals surface area contributed by atoms with E-state index < -0.39 is 0 Å². The minimum absolute atomic E-state index is 0.700. The Morgan fingerprint density at radius 2 is 2.00 bits per heavy atom. The van der Waals surface area contributed by atoms with Gasteiger partial charge in [0, 0.05) is 13.1 Å². The second-order valence-corrected chi connectivity index (χ2v) is 4.41. The minimum Gasteiger partial charge on any atom is -0.378 e. The molecule has 1 aromatic heterocycles. The standard InChI is InChI=1S/C12H13N3OS/c17-12-11(15-5-7-16-8-6-15)13-9-3-1-2-4-10(9)14-12/h1-4H,5-8H2,(H,14,17). The third kappa shape index (κ3) is 2.03. The fraction of sp³-hybridized carbons (Fsp3) is 0.333. The van der Waals surface area contributed by atoms with Crippen LogP contribution in [0.15, 0.2) is 24.3 Å². The number of para-hydroxylation sites is 2. The molecule has 0 radical (unpaired) electrons. The Morgan fingerprint density at radius 1 is 1.24 bits per heavy atom. The van der Waals surface area contributed by atoms with Gasteiger partial charge < -0.3 is 14.6 Å². The van der Waals surface area contributed by atoms with E-state index >= 15 is 0 Å². The van der Waals surface area contributed by atoms with Gasteiger partial charge in [-0.25, -0.2) is 4.98 Å². The molecule has 1 N–H and O–H groups in total. The summed E-state index contributed by atoms with van der Waals surface area (Å²) in [5.74, 6) is 0.863. The fourth-order valence-electron chi connectivity index (χ4n) is 2.01. The first-order valence-electron chi connectivity index (χ1n) is 5.66. The van der Waals surface area contributed by atoms with Crippen LogP contribution in [0.4, 0.5) is 5.82 Å². The molecule has 2 aromatic rings. The largest absolute Gasteiger partial charge is 0.378 e. The molecule has 1 aliphatic rings. The number of anilines is 1. The van der Waals surface area contributed by atoms with E-state index in [1.165, 1.54) is 0 Å². The van der Waals surface area contributed by atoms with Crippen molar-refractivity contribution in [2.75, 3.05) is 31.2 Å². The average molecular weight is 247 g/mol. The normalized spacial score (nSPS) is 16.4. The number of hydrogen-bond donors (Lipinski definition) is 1. The van der Waals surface area contributed by atoms with Crippen molar-refractivity contribution in [1.82, 2.24) is 9.97 Å². The molecular weight excluding hydrogens is 234 g/mol. The van der Waals surface area contributed by atoms with E-state index in [0.29, 0.717) is 4.64 Å². The molecule has 0 unspecified atom stereocenters. The number of H-pyrrole nitrogens is 1. The number of fused-ring (bicyclic) bond motifs is 1. The Kier molecular flexibility index (Phi) is 2.78. The molecule has 0 amide bonds. The van der Waals surface area contributed by atoms with Gasteiger partial charge in [-0.2, -0.15) is 0 Å². The van der Waals surface area contributed by atoms with Gasteiger partial charge in [0.15, 0.2) is 5.82 Å². The summed E-state index contributed by atoms with van der Waals surface area (Å²) in [6.45, 7) is 3.18. The van der Waals surface area contributed by atoms with Crippen LogP contribution in [0.25, 0.3) is 11.0 Å². The van der Waals surface area contributed by atoms with Crippen molar-refractivity contribution < 1.29 is 4.74 Å². The van der Waals surface area contributed by atoms with Crippen LogP contribution in [0.5, 0.6) is 0 Å². The van der Waals surface area contributed by atoms with E-state index in [-0.39, 0.29) is 0 Å². The summed E-state index contributed by atoms with van der Waals surface area (Å²) in [5.41, 5.74) is 1.93. The van der Waals surface area contributed by atoms with Crippen LogP contribution in [-0.4, -0.2) is 36.3 Å². The monoisotopic (exact) mass is 247 g/mol. The Labute approximate surface area is 104 Å². The van der Waals surface area contributed by atoms with Gasteiger partial charge in [0.2, 0.25) is 0 Å². The molecule has 1 fully saturated rings. The number of benzene rings is 1. The zero-order chi connectivity index (χ0) is 11.7. The van der Waals surface area contributed by atoms with Crippen LogP contribution in [0.3, 0.4) is 0 Å². The summed E-state index contributed by atoms with van der Waals surface area (Å²) in [4.78, 5) is 10.0. The SMILES string of the molecule is S=c1[nH]c2ccccc2nc1N1CCOCC1. The number of rotatable bonds is 1. The highest BCUT2D eigenvalue weighted by Gasteiger charge is 2.14. The van der Waals surface area contributed by atoms with Crippen molar-refractivity contribution in [2.24, 2.45) is 0 Å². The van der Waals surface area contributed by atoms with Crippen LogP contribution in [0.1, 0.15) is 0 Å². The zero-order valence-electron chi connectivity index (χ0n) is 9.35. The predicted octanol–water partition coefficient (Wildman–Crippen LogP) is 2.13. The van der Waals surface area contributed by atoms with Gasteiger partial charge >= 0.3 is 0 Å². The van der Waals surface area contributed by atoms with Crippen molar-refractivity contribution in [3.8, 4) is 0 Å². The number of aromatic nitrogens is 2. The van der Waals surface area contributed by atoms with Crippen LogP contribution in [0.2, 0.25) is 0 Å². The van der Waals surface area contributed by atoms with Gasteiger partial charge in [0.05, 0.1) is 24.2 Å². The quantitative estimate of drug-likeness (QED) is 0.784. The van der Waals surface area contributed by atoms with Crippen LogP contribution < -0.4 is 4.90 Å². The number of nitrogens with zero attached hydrogens (tertiary/aromatic N) is 2. The minimum atomic E-state index is 0.700. The second-order valence-electron chi connectivity index (χ2n) is 4.01. The summed E-state index contributed by atoms with van der Waals surface area (Å²) in [6, 6.07) is 7.94. The molecule has 1 aliphatic heterocycles. The average Bonchev–Trinajstić information content (AvgIpc) is 2.39. The summed E-state index contributed by atoms with van der Waals surface area (Å²) in [7, 11) is 0. The van der Waals surface area contributed by atoms with Crippen LogP contribution in [0, 0.1) is 4.64 Å². The molecule has 0 atom stereocenters. The molecule has 5 heteroatoms. The number of nitrogens with one attached hydrogen (secondary N) is 1. The lowest BCUT2D eigenvalue weighted by atomic mass is 10.3. The summed E-state index contributed by atoms with van der Waals surface area (Å²) >= 11 is 5.36. The number of ether oxygens (including phenoxy) is 1. The topological polar surface area (TPSA) is 41.2 Å². The molecular formula is C12H13N3OS. The fourth-order valence-corrected chi connectivity index (χ4v) is 2.29. The van der Waals surface area contributed by atoms with Gasteiger partial charge in [-0.15, -0.1) is 0 Å². The smallest absolute Gasteiger partial charge is 0.164 e. The highest BCUT2D eigenvalue weighted by Crippen LogP contribution is 2.18. The van der Waals surface area contributed by atoms with Gasteiger partial charge in [-0.05, 0) is 12.1 Å². The summed E-state index contributed by atoms with van der Waals surface area (Å²) < 4.78 is 6.03. The lowest BCUT2D eigenvalue weighted by Gasteiger charge is -2.27. The first kappa shape index (κ1) is 10.7. The van der Waals surface area contributed by atoms with Crippen molar-refractivity contribution in [3.05, 3.63) is 28.9 Å². The van der Waals surface area contributed by atoms with E-state index in [9.17, 15) is 0 Å². The first-order chi connectivity index (χ1) is 8.34. The molecule has 1 aromatic carbocycles. The number of hydrogen-bond acceptors (Lipinski definition) is 4. The third-order valence-electron chi connectivity index (χ3n) is 2.89. The lowest BCUT2D eigenvalue weighted by molar-refractivity contribution is 0.122. The maximum absolute atomic E-state index is 5.36. The molecule has 88 valence electrons. The third-order valence-corrected chi connectivity index (χ3v) is 3.18. The predicted molar refractivity (Wildman–Crippen MR) is 70.0 cm³/mol. The number of morpholine rings is 1. The molecule has 3 rings (SSSR count). The van der Waals surface area contributed by atoms with E-state index in [1.807, 2.05) is 24.3 Å². The van der Waals surface area contributed by atoms with Crippen LogP contribution in [-0.2, 0) is 4.74 Å². The number of aromatic amines is 1. The summed E-state index contributed by atoms with van der Waals surface area (Å²) in [6.07, 6.45) is 0. The Bertz CT molecular complexity index is 590. The molecule has 2 heterocycles. The Morgan fingerprint density at radius 3 is 2.82 bits per heavy atom. The molecule has 17 heavy (non-hydrogen) atoms. The molecule has 4 nitrogen and oxygen atoms in total. The molecule has 0 bridgehead atoms. The van der Waals surface area contributed by atoms with Crippen molar-refractivity contribution >= 4 is 29.1 Å². The van der Waals surface area contributed by atoms with Gasteiger partial charge in [0.25, 0.3) is 0 Å². The molecule has 1 saturated heterocycles. The maximum atomic E-state index is 5.36. The van der Waals surface area contributed by atoms with Gasteiger partial charge in [-0.3, -0.25) is 0 Å². The summed E-state index contributed by atoms with van der Waals surface area (Å²) in [5, 5.41) is 0. The molecule has 0 spiro atoms. The van der Waals surface area contributed by atoms with Gasteiger partial charge in [0.1, 0.15) is 4.64 Å². The molecule has 0 aliphatic carbocycles. The molecule has 0 saturated carbocycles.